The number of hydrogen-bond acceptors (Lipinski definition) is 6. The maximum atomic E-state index is 11.3. The first-order chi connectivity index (χ1) is 23.6. The molecule has 6 aromatic rings. The number of nitrogens with zero attached hydrogens (tertiary/aromatic N) is 3. The lowest BCUT2D eigenvalue weighted by atomic mass is 9.98. The minimum atomic E-state index is 0.0594. The normalized spacial score (nSPS) is 11.3. The van der Waals surface area contributed by atoms with Crippen molar-refractivity contribution < 1.29 is 14.6 Å². The highest BCUT2D eigenvalue weighted by Gasteiger charge is 2.21. The van der Waals surface area contributed by atoms with Crippen LogP contribution in [0.15, 0.2) is 91.0 Å². The highest BCUT2D eigenvalue weighted by Crippen LogP contribution is 2.40. The molecule has 6 heteroatoms. The van der Waals surface area contributed by atoms with Gasteiger partial charge in [-0.3, -0.25) is 0 Å². The lowest BCUT2D eigenvalue weighted by molar-refractivity contribution is 0.303. The number of aromatic hydroxyl groups is 1. The lowest BCUT2D eigenvalue weighted by Gasteiger charge is -2.16. The van der Waals surface area contributed by atoms with Crippen molar-refractivity contribution in [2.24, 2.45) is 0 Å². The summed E-state index contributed by atoms with van der Waals surface area (Å²) >= 11 is 0. The standard InChI is InChI=1S/C42H45N3O3/c1-4-6-8-14-26-47-32-23-24-35(36(46)28-32)40-43-41(38-29(3)20-21-30-16-10-12-18-33(30)38)45-42(44-40)39-34-19-13-11-17-31(34)22-25-37(39)48-27-15-9-7-5-2/h10-13,16-25,28,46H,4-9,14-15,26-27H2,1-3H3. The summed E-state index contributed by atoms with van der Waals surface area (Å²) in [6.45, 7) is 7.71. The number of aromatic nitrogens is 3. The van der Waals surface area contributed by atoms with Gasteiger partial charge in [0.05, 0.1) is 24.3 Å². The van der Waals surface area contributed by atoms with Crippen molar-refractivity contribution >= 4 is 21.5 Å². The molecular weight excluding hydrogens is 594 g/mol. The smallest absolute Gasteiger partial charge is 0.168 e. The fourth-order valence-electron chi connectivity index (χ4n) is 6.22. The molecule has 1 aromatic heterocycles. The van der Waals surface area contributed by atoms with E-state index in [1.807, 2.05) is 42.5 Å². The number of benzene rings is 5. The monoisotopic (exact) mass is 639 g/mol. The zero-order chi connectivity index (χ0) is 33.3. The van der Waals surface area contributed by atoms with Gasteiger partial charge in [-0.25, -0.2) is 15.0 Å². The number of hydrogen-bond donors (Lipinski definition) is 1. The van der Waals surface area contributed by atoms with Gasteiger partial charge in [0.1, 0.15) is 17.2 Å². The Morgan fingerprint density at radius 3 is 1.81 bits per heavy atom. The number of unbranched alkanes of at least 4 members (excludes halogenated alkanes) is 6. The SMILES string of the molecule is CCCCCCOc1ccc(-c2nc(-c3c(C)ccc4ccccc34)nc(-c3c(OCCCCCC)ccc4ccccc34)n2)c(O)c1. The van der Waals surface area contributed by atoms with Crippen LogP contribution in [0.2, 0.25) is 0 Å². The molecular formula is C42H45N3O3. The zero-order valence-electron chi connectivity index (χ0n) is 28.3. The molecule has 5 aromatic carbocycles. The maximum Gasteiger partial charge on any atom is 0.168 e. The first-order valence-electron chi connectivity index (χ1n) is 17.4. The Kier molecular flexibility index (Phi) is 10.8. The third kappa shape index (κ3) is 7.44. The van der Waals surface area contributed by atoms with E-state index in [1.165, 1.54) is 25.7 Å². The Bertz CT molecular complexity index is 2010. The van der Waals surface area contributed by atoms with Crippen LogP contribution >= 0.6 is 0 Å². The van der Waals surface area contributed by atoms with Crippen LogP contribution in [0.5, 0.6) is 17.2 Å². The Hall–Kier alpha value is -4.97. The fraction of sp³-hybridized carbons (Fsp3) is 0.310. The second-order valence-corrected chi connectivity index (χ2v) is 12.4. The van der Waals surface area contributed by atoms with Crippen molar-refractivity contribution in [3.8, 4) is 51.4 Å². The van der Waals surface area contributed by atoms with Crippen LogP contribution in [0.1, 0.15) is 70.8 Å². The highest BCUT2D eigenvalue weighted by molar-refractivity contribution is 6.00. The van der Waals surface area contributed by atoms with E-state index >= 15 is 0 Å². The average Bonchev–Trinajstić information content (AvgIpc) is 3.11. The molecule has 246 valence electrons. The van der Waals surface area contributed by atoms with Gasteiger partial charge in [-0.1, -0.05) is 119 Å². The van der Waals surface area contributed by atoms with E-state index in [4.69, 9.17) is 24.4 Å². The number of rotatable bonds is 15. The molecule has 0 spiro atoms. The van der Waals surface area contributed by atoms with Crippen LogP contribution < -0.4 is 9.47 Å². The predicted molar refractivity (Wildman–Crippen MR) is 197 cm³/mol. The van der Waals surface area contributed by atoms with E-state index in [9.17, 15) is 5.11 Å². The molecule has 0 saturated heterocycles. The molecule has 0 bridgehead atoms. The Morgan fingerprint density at radius 1 is 0.562 bits per heavy atom. The molecule has 0 amide bonds. The van der Waals surface area contributed by atoms with E-state index in [1.54, 1.807) is 6.07 Å². The molecule has 0 unspecified atom stereocenters. The molecule has 0 aliphatic carbocycles. The second-order valence-electron chi connectivity index (χ2n) is 12.4. The highest BCUT2D eigenvalue weighted by atomic mass is 16.5. The molecule has 1 heterocycles. The van der Waals surface area contributed by atoms with Crippen molar-refractivity contribution in [3.05, 3.63) is 96.6 Å². The fourth-order valence-corrected chi connectivity index (χ4v) is 6.22. The van der Waals surface area contributed by atoms with E-state index in [0.29, 0.717) is 42.0 Å². The summed E-state index contributed by atoms with van der Waals surface area (Å²) in [5.41, 5.74) is 3.32. The Balaban J connectivity index is 1.50. The van der Waals surface area contributed by atoms with Gasteiger partial charge < -0.3 is 14.6 Å². The van der Waals surface area contributed by atoms with Crippen molar-refractivity contribution in [2.75, 3.05) is 13.2 Å². The third-order valence-corrected chi connectivity index (χ3v) is 8.84. The van der Waals surface area contributed by atoms with Crippen LogP contribution in [0.4, 0.5) is 0 Å². The van der Waals surface area contributed by atoms with Crippen molar-refractivity contribution in [3.63, 3.8) is 0 Å². The molecule has 0 fully saturated rings. The third-order valence-electron chi connectivity index (χ3n) is 8.84. The summed E-state index contributed by atoms with van der Waals surface area (Å²) in [7, 11) is 0. The average molecular weight is 640 g/mol. The minimum absolute atomic E-state index is 0.0594. The van der Waals surface area contributed by atoms with Crippen molar-refractivity contribution in [1.29, 1.82) is 0 Å². The summed E-state index contributed by atoms with van der Waals surface area (Å²) in [4.78, 5) is 15.3. The van der Waals surface area contributed by atoms with Gasteiger partial charge in [0.2, 0.25) is 0 Å². The summed E-state index contributed by atoms with van der Waals surface area (Å²) in [6.07, 6.45) is 8.93. The van der Waals surface area contributed by atoms with E-state index in [-0.39, 0.29) is 5.75 Å². The number of phenols is 1. The van der Waals surface area contributed by atoms with Crippen molar-refractivity contribution in [1.82, 2.24) is 15.0 Å². The topological polar surface area (TPSA) is 77.4 Å². The first-order valence-corrected chi connectivity index (χ1v) is 17.4. The molecule has 0 aliphatic heterocycles. The van der Waals surface area contributed by atoms with Crippen LogP contribution in [0, 0.1) is 6.92 Å². The number of aryl methyl sites for hydroxylation is 1. The number of fused-ring (bicyclic) bond motifs is 2. The minimum Gasteiger partial charge on any atom is -0.507 e. The molecule has 0 radical (unpaired) electrons. The largest absolute Gasteiger partial charge is 0.507 e. The zero-order valence-corrected chi connectivity index (χ0v) is 28.3. The Morgan fingerprint density at radius 2 is 1.15 bits per heavy atom. The van der Waals surface area contributed by atoms with Gasteiger partial charge >= 0.3 is 0 Å². The molecule has 6 nitrogen and oxygen atoms in total. The lowest BCUT2D eigenvalue weighted by Crippen LogP contribution is -2.05. The predicted octanol–water partition coefficient (Wildman–Crippen LogP) is 11.1. The van der Waals surface area contributed by atoms with Crippen LogP contribution in [0.25, 0.3) is 55.7 Å². The second kappa shape index (κ2) is 15.7. The molecule has 6 rings (SSSR count). The molecule has 0 atom stereocenters. The van der Waals surface area contributed by atoms with E-state index in [2.05, 4.69) is 63.2 Å². The molecule has 0 saturated carbocycles. The van der Waals surface area contributed by atoms with Crippen LogP contribution in [-0.2, 0) is 0 Å². The Labute approximate surface area is 283 Å². The van der Waals surface area contributed by atoms with E-state index < -0.39 is 0 Å². The van der Waals surface area contributed by atoms with Gasteiger partial charge in [0.15, 0.2) is 17.5 Å². The summed E-state index contributed by atoms with van der Waals surface area (Å²) < 4.78 is 12.4. The summed E-state index contributed by atoms with van der Waals surface area (Å²) in [5.74, 6) is 2.85. The summed E-state index contributed by atoms with van der Waals surface area (Å²) in [5, 5.41) is 15.6. The molecule has 0 aliphatic rings. The van der Waals surface area contributed by atoms with Crippen LogP contribution in [-0.4, -0.2) is 33.3 Å². The maximum absolute atomic E-state index is 11.3. The van der Waals surface area contributed by atoms with E-state index in [0.717, 1.165) is 69.7 Å². The van der Waals surface area contributed by atoms with Crippen molar-refractivity contribution in [2.45, 2.75) is 72.1 Å². The number of ether oxygens (including phenoxy) is 2. The quantitative estimate of drug-likeness (QED) is 0.113. The number of phenolic OH excluding ortho intramolecular Hbond substituents is 1. The molecule has 48 heavy (non-hydrogen) atoms. The first kappa shape index (κ1) is 33.0. The summed E-state index contributed by atoms with van der Waals surface area (Å²) in [6, 6.07) is 30.2. The van der Waals surface area contributed by atoms with Gasteiger partial charge in [0.25, 0.3) is 0 Å². The molecule has 1 N–H and O–H groups in total. The van der Waals surface area contributed by atoms with Crippen LogP contribution in [0.3, 0.4) is 0 Å². The van der Waals surface area contributed by atoms with Gasteiger partial charge in [-0.05, 0) is 65.1 Å². The van der Waals surface area contributed by atoms with Gasteiger partial charge in [0, 0.05) is 11.6 Å². The van der Waals surface area contributed by atoms with Gasteiger partial charge in [-0.2, -0.15) is 0 Å². The van der Waals surface area contributed by atoms with Gasteiger partial charge in [-0.15, -0.1) is 0 Å².